The molecule has 0 bridgehead atoms. The van der Waals surface area contributed by atoms with Gasteiger partial charge in [0.2, 0.25) is 0 Å². The van der Waals surface area contributed by atoms with Gasteiger partial charge in [0.1, 0.15) is 0 Å². The van der Waals surface area contributed by atoms with Gasteiger partial charge in [0.15, 0.2) is 0 Å². The molecular weight excluding hydrogens is 735 g/mol. The Hall–Kier alpha value is -7.22. The average Bonchev–Trinajstić information content (AvgIpc) is 3.67. The number of benzene rings is 10. The van der Waals surface area contributed by atoms with Crippen molar-refractivity contribution in [1.29, 1.82) is 0 Å². The highest BCUT2D eigenvalue weighted by molar-refractivity contribution is 6.14. The fourth-order valence-corrected chi connectivity index (χ4v) is 10.8. The van der Waals surface area contributed by atoms with Gasteiger partial charge in [0.05, 0.1) is 0 Å². The molecule has 1 heteroatoms. The molecule has 0 aliphatic heterocycles. The topological polar surface area (TPSA) is 3.24 Å². The van der Waals surface area contributed by atoms with E-state index in [0.29, 0.717) is 0 Å². The zero-order valence-corrected chi connectivity index (χ0v) is 35.0. The Labute approximate surface area is 358 Å². The maximum Gasteiger partial charge on any atom is 0.0468 e. The van der Waals surface area contributed by atoms with E-state index in [4.69, 9.17) is 0 Å². The second-order valence-corrected chi connectivity index (χ2v) is 18.2. The van der Waals surface area contributed by atoms with E-state index in [0.717, 1.165) is 17.1 Å². The molecule has 0 amide bonds. The van der Waals surface area contributed by atoms with E-state index in [1.165, 1.54) is 99.1 Å². The van der Waals surface area contributed by atoms with Crippen molar-refractivity contribution >= 4 is 49.4 Å². The van der Waals surface area contributed by atoms with Crippen LogP contribution in [0.1, 0.15) is 49.9 Å². The van der Waals surface area contributed by atoms with Crippen molar-refractivity contribution in [2.75, 3.05) is 4.90 Å². The number of hydrogen-bond acceptors (Lipinski definition) is 1. The normalized spacial score (nSPS) is 14.2. The quantitative estimate of drug-likeness (QED) is 0.157. The van der Waals surface area contributed by atoms with Gasteiger partial charge >= 0.3 is 0 Å². The minimum absolute atomic E-state index is 0.0395. The second-order valence-electron chi connectivity index (χ2n) is 18.2. The van der Waals surface area contributed by atoms with Gasteiger partial charge in [-0.25, -0.2) is 0 Å². The van der Waals surface area contributed by atoms with Gasteiger partial charge in [-0.1, -0.05) is 173 Å². The van der Waals surface area contributed by atoms with E-state index in [1.54, 1.807) is 0 Å². The lowest BCUT2D eigenvalue weighted by atomic mass is 9.81. The van der Waals surface area contributed by atoms with Gasteiger partial charge < -0.3 is 4.90 Å². The molecule has 2 aliphatic carbocycles. The SMILES string of the molecule is CC1(C)c2ccccc2-c2ccc(-c3ccc(N(c4ccc5c(c4)C(C)(C)c4cc(-c6cc7ccccc7c7ccccc67)ccc4-5)c4ccc5ccccc5c4)cc3)cc21. The largest absolute Gasteiger partial charge is 0.310 e. The Bertz CT molecular complexity index is 3420. The first-order valence-corrected chi connectivity index (χ1v) is 21.6. The molecule has 0 saturated heterocycles. The fourth-order valence-electron chi connectivity index (χ4n) is 10.8. The van der Waals surface area contributed by atoms with Crippen LogP contribution in [-0.4, -0.2) is 0 Å². The van der Waals surface area contributed by atoms with Crippen molar-refractivity contribution in [2.45, 2.75) is 38.5 Å². The van der Waals surface area contributed by atoms with Crippen LogP contribution < -0.4 is 4.90 Å². The third-order valence-electron chi connectivity index (χ3n) is 14.0. The second kappa shape index (κ2) is 13.1. The predicted molar refractivity (Wildman–Crippen MR) is 260 cm³/mol. The number of rotatable bonds is 5. The Kier molecular flexibility index (Phi) is 7.69. The molecule has 0 spiro atoms. The van der Waals surface area contributed by atoms with Gasteiger partial charge in [-0.3, -0.25) is 0 Å². The molecule has 10 aromatic rings. The maximum atomic E-state index is 2.46. The first-order valence-electron chi connectivity index (χ1n) is 21.6. The third kappa shape index (κ3) is 5.40. The van der Waals surface area contributed by atoms with Crippen molar-refractivity contribution in [3.8, 4) is 44.5 Å². The van der Waals surface area contributed by atoms with Gasteiger partial charge in [0, 0.05) is 27.9 Å². The Balaban J connectivity index is 0.949. The predicted octanol–water partition coefficient (Wildman–Crippen LogP) is 16.6. The summed E-state index contributed by atoms with van der Waals surface area (Å²) in [5.74, 6) is 0. The monoisotopic (exact) mass is 779 g/mol. The summed E-state index contributed by atoms with van der Waals surface area (Å²) in [5, 5.41) is 7.63. The highest BCUT2D eigenvalue weighted by Gasteiger charge is 2.37. The fraction of sp³-hybridized carbons (Fsp3) is 0.100. The molecule has 0 aromatic heterocycles. The lowest BCUT2D eigenvalue weighted by molar-refractivity contribution is 0.660. The van der Waals surface area contributed by atoms with Crippen LogP contribution in [0.15, 0.2) is 200 Å². The van der Waals surface area contributed by atoms with E-state index >= 15 is 0 Å². The molecule has 12 rings (SSSR count). The number of hydrogen-bond donors (Lipinski definition) is 0. The van der Waals surface area contributed by atoms with Crippen LogP contribution >= 0.6 is 0 Å². The van der Waals surface area contributed by atoms with Crippen LogP contribution in [0, 0.1) is 0 Å². The molecule has 0 saturated carbocycles. The highest BCUT2D eigenvalue weighted by atomic mass is 15.1. The summed E-state index contributed by atoms with van der Waals surface area (Å²) in [4.78, 5) is 2.44. The summed E-state index contributed by atoms with van der Waals surface area (Å²) in [6.07, 6.45) is 0. The smallest absolute Gasteiger partial charge is 0.0468 e. The molecule has 1 nitrogen and oxygen atoms in total. The number of fused-ring (bicyclic) bond motifs is 10. The first kappa shape index (κ1) is 35.7. The Morgan fingerprint density at radius 3 is 1.54 bits per heavy atom. The minimum atomic E-state index is -0.205. The molecule has 0 N–H and O–H groups in total. The van der Waals surface area contributed by atoms with E-state index in [2.05, 4.69) is 233 Å². The van der Waals surface area contributed by atoms with Crippen LogP contribution in [0.2, 0.25) is 0 Å². The van der Waals surface area contributed by atoms with Crippen LogP contribution in [0.3, 0.4) is 0 Å². The van der Waals surface area contributed by atoms with E-state index in [1.807, 2.05) is 0 Å². The Morgan fingerprint density at radius 2 is 0.770 bits per heavy atom. The summed E-state index contributed by atoms with van der Waals surface area (Å²) >= 11 is 0. The zero-order valence-electron chi connectivity index (χ0n) is 35.0. The van der Waals surface area contributed by atoms with Crippen LogP contribution in [0.25, 0.3) is 76.8 Å². The summed E-state index contributed by atoms with van der Waals surface area (Å²) in [7, 11) is 0. The Morgan fingerprint density at radius 1 is 0.279 bits per heavy atom. The molecule has 0 unspecified atom stereocenters. The summed E-state index contributed by atoms with van der Waals surface area (Å²) in [5.41, 5.74) is 19.1. The van der Waals surface area contributed by atoms with Gasteiger partial charge in [-0.05, 0) is 154 Å². The van der Waals surface area contributed by atoms with Crippen molar-refractivity contribution in [1.82, 2.24) is 0 Å². The maximum absolute atomic E-state index is 2.46. The molecule has 10 aromatic carbocycles. The minimum Gasteiger partial charge on any atom is -0.310 e. The molecule has 61 heavy (non-hydrogen) atoms. The number of anilines is 3. The van der Waals surface area contributed by atoms with Gasteiger partial charge in [-0.2, -0.15) is 0 Å². The van der Waals surface area contributed by atoms with E-state index < -0.39 is 0 Å². The summed E-state index contributed by atoms with van der Waals surface area (Å²) < 4.78 is 0. The lowest BCUT2D eigenvalue weighted by Gasteiger charge is -2.28. The standard InChI is InChI=1S/C60H45N/c1-59(2)55-20-12-11-19-50(55)51-30-24-41(35-56(51)59)39-21-26-44(27-22-39)61(45-28-23-38-13-5-6-14-40(38)33-45)46-29-32-53-52-31-25-43(36-57(52)60(3,4)58(53)37-46)54-34-42-15-7-8-16-47(42)48-17-9-10-18-49(48)54/h5-37H,1-4H3. The van der Waals surface area contributed by atoms with Crippen LogP contribution in [0.4, 0.5) is 17.1 Å². The van der Waals surface area contributed by atoms with Crippen LogP contribution in [-0.2, 0) is 10.8 Å². The van der Waals surface area contributed by atoms with Crippen molar-refractivity contribution in [2.24, 2.45) is 0 Å². The highest BCUT2D eigenvalue weighted by Crippen LogP contribution is 2.53. The average molecular weight is 780 g/mol. The number of nitrogens with zero attached hydrogens (tertiary/aromatic N) is 1. The van der Waals surface area contributed by atoms with E-state index in [9.17, 15) is 0 Å². The van der Waals surface area contributed by atoms with Crippen molar-refractivity contribution < 1.29 is 0 Å². The first-order chi connectivity index (χ1) is 29.7. The van der Waals surface area contributed by atoms with Crippen molar-refractivity contribution in [3.63, 3.8) is 0 Å². The molecular formula is C60H45N. The molecule has 0 radical (unpaired) electrons. The van der Waals surface area contributed by atoms with Crippen LogP contribution in [0.5, 0.6) is 0 Å². The zero-order chi connectivity index (χ0) is 41.0. The van der Waals surface area contributed by atoms with Crippen molar-refractivity contribution in [3.05, 3.63) is 222 Å². The van der Waals surface area contributed by atoms with E-state index in [-0.39, 0.29) is 10.8 Å². The molecule has 290 valence electrons. The van der Waals surface area contributed by atoms with Gasteiger partial charge in [0.25, 0.3) is 0 Å². The molecule has 0 heterocycles. The van der Waals surface area contributed by atoms with Gasteiger partial charge in [-0.15, -0.1) is 0 Å². The summed E-state index contributed by atoms with van der Waals surface area (Å²) in [6, 6.07) is 74.9. The summed E-state index contributed by atoms with van der Waals surface area (Å²) in [6.45, 7) is 9.51. The third-order valence-corrected chi connectivity index (χ3v) is 14.0. The molecule has 0 atom stereocenters. The molecule has 2 aliphatic rings. The molecule has 0 fully saturated rings. The lowest BCUT2D eigenvalue weighted by Crippen LogP contribution is -2.16.